The van der Waals surface area contributed by atoms with Gasteiger partial charge in [-0.15, -0.1) is 0 Å². The number of methoxy groups -OCH3 is 1. The molecule has 0 saturated carbocycles. The molecule has 3 heterocycles. The molecule has 9 nitrogen and oxygen atoms in total. The van der Waals surface area contributed by atoms with E-state index >= 15 is 0 Å². The summed E-state index contributed by atoms with van der Waals surface area (Å²) in [6.45, 7) is -0.254. The fourth-order valence-corrected chi connectivity index (χ4v) is 2.44. The number of ether oxygens (including phenoxy) is 2. The molecule has 2 aromatic rings. The van der Waals surface area contributed by atoms with Crippen LogP contribution in [0.2, 0.25) is 0 Å². The van der Waals surface area contributed by atoms with Gasteiger partial charge in [0.05, 0.1) is 12.9 Å². The minimum absolute atomic E-state index is 0.253. The van der Waals surface area contributed by atoms with Crippen molar-refractivity contribution < 1.29 is 19.7 Å². The van der Waals surface area contributed by atoms with E-state index in [1.54, 1.807) is 4.57 Å². The maximum absolute atomic E-state index is 10.3. The molecule has 1 saturated heterocycles. The fraction of sp³-hybridized carbons (Fsp3) is 0.545. The van der Waals surface area contributed by atoms with Gasteiger partial charge in [-0.1, -0.05) is 0 Å². The Labute approximate surface area is 114 Å². The highest BCUT2D eigenvalue weighted by molar-refractivity contribution is 5.81. The van der Waals surface area contributed by atoms with Gasteiger partial charge in [0.1, 0.15) is 30.2 Å². The van der Waals surface area contributed by atoms with Crippen molar-refractivity contribution in [1.29, 1.82) is 0 Å². The zero-order valence-electron chi connectivity index (χ0n) is 10.7. The van der Waals surface area contributed by atoms with E-state index in [1.807, 2.05) is 0 Å². The number of nitrogens with zero attached hydrogens (tertiary/aromatic N) is 4. The van der Waals surface area contributed by atoms with Gasteiger partial charge in [-0.2, -0.15) is 0 Å². The van der Waals surface area contributed by atoms with Crippen molar-refractivity contribution in [2.45, 2.75) is 24.5 Å². The topological polar surface area (TPSA) is 129 Å². The molecule has 1 aliphatic heterocycles. The van der Waals surface area contributed by atoms with Crippen molar-refractivity contribution in [1.82, 2.24) is 19.5 Å². The Balaban J connectivity index is 2.01. The number of aliphatic hydroxyl groups is 2. The van der Waals surface area contributed by atoms with Crippen LogP contribution in [0.4, 0.5) is 5.82 Å². The van der Waals surface area contributed by atoms with Crippen LogP contribution < -0.4 is 5.73 Å². The molecule has 20 heavy (non-hydrogen) atoms. The van der Waals surface area contributed by atoms with Gasteiger partial charge < -0.3 is 25.4 Å². The Bertz CT molecular complexity index is 618. The van der Waals surface area contributed by atoms with Crippen LogP contribution in [0.1, 0.15) is 6.23 Å². The summed E-state index contributed by atoms with van der Waals surface area (Å²) >= 11 is 0. The lowest BCUT2D eigenvalue weighted by atomic mass is 10.1. The van der Waals surface area contributed by atoms with Crippen LogP contribution >= 0.6 is 0 Å². The van der Waals surface area contributed by atoms with E-state index in [4.69, 9.17) is 15.2 Å². The summed E-state index contributed by atoms with van der Waals surface area (Å²) in [6.07, 6.45) is -0.162. The summed E-state index contributed by atoms with van der Waals surface area (Å²) < 4.78 is 12.3. The Kier molecular flexibility index (Phi) is 3.26. The first-order chi connectivity index (χ1) is 9.67. The number of imidazole rings is 1. The van der Waals surface area contributed by atoms with Crippen LogP contribution in [0.5, 0.6) is 0 Å². The standard InChI is InChI=1S/C11H15N5O4/c1-19-8-5(2-17)20-11(7(8)18)16-4-15-6-9(12)13-3-14-10(6)16/h3-5,7-8,11,17-18H,2H2,1H3,(H2,12,13,14)/t5-,7?,8?,11-/m0/s1. The molecule has 0 bridgehead atoms. The molecule has 2 unspecified atom stereocenters. The van der Waals surface area contributed by atoms with Crippen molar-refractivity contribution in [3.63, 3.8) is 0 Å². The first-order valence-corrected chi connectivity index (χ1v) is 6.07. The van der Waals surface area contributed by atoms with Gasteiger partial charge in [0.2, 0.25) is 0 Å². The SMILES string of the molecule is COC1C(O)[C@@H](n2cnc3c(N)ncnc32)O[C@H]1CO. The molecular weight excluding hydrogens is 266 g/mol. The van der Waals surface area contributed by atoms with Gasteiger partial charge in [-0.05, 0) is 0 Å². The summed E-state index contributed by atoms with van der Waals surface area (Å²) in [6, 6.07) is 0. The second-order valence-corrected chi connectivity index (χ2v) is 4.52. The minimum atomic E-state index is -0.953. The van der Waals surface area contributed by atoms with Crippen molar-refractivity contribution in [3.8, 4) is 0 Å². The number of rotatable bonds is 3. The van der Waals surface area contributed by atoms with Crippen molar-refractivity contribution >= 4 is 17.0 Å². The number of hydrogen-bond donors (Lipinski definition) is 3. The highest BCUT2D eigenvalue weighted by Gasteiger charge is 2.45. The number of aliphatic hydroxyl groups excluding tert-OH is 2. The molecule has 4 atom stereocenters. The molecule has 0 aliphatic carbocycles. The Morgan fingerprint density at radius 1 is 1.45 bits per heavy atom. The summed E-state index contributed by atoms with van der Waals surface area (Å²) in [5.74, 6) is 0.253. The molecule has 1 fully saturated rings. The molecule has 4 N–H and O–H groups in total. The van der Waals surface area contributed by atoms with Gasteiger partial charge in [0, 0.05) is 7.11 Å². The molecule has 0 spiro atoms. The van der Waals surface area contributed by atoms with Crippen LogP contribution in [-0.2, 0) is 9.47 Å². The molecule has 108 valence electrons. The average Bonchev–Trinajstić information content (AvgIpc) is 3.00. The number of aromatic nitrogens is 4. The minimum Gasteiger partial charge on any atom is -0.394 e. The van der Waals surface area contributed by atoms with E-state index in [-0.39, 0.29) is 12.4 Å². The second kappa shape index (κ2) is 4.94. The zero-order chi connectivity index (χ0) is 14.3. The maximum atomic E-state index is 10.3. The Hall–Kier alpha value is -1.81. The van der Waals surface area contributed by atoms with Gasteiger partial charge in [-0.3, -0.25) is 4.57 Å². The third kappa shape index (κ3) is 1.83. The molecule has 9 heteroatoms. The molecular formula is C11H15N5O4. The second-order valence-electron chi connectivity index (χ2n) is 4.52. The van der Waals surface area contributed by atoms with Crippen LogP contribution in [0, 0.1) is 0 Å². The van der Waals surface area contributed by atoms with Crippen LogP contribution in [0.25, 0.3) is 11.2 Å². The summed E-state index contributed by atoms with van der Waals surface area (Å²) in [5, 5.41) is 19.5. The highest BCUT2D eigenvalue weighted by Crippen LogP contribution is 2.32. The normalized spacial score (nSPS) is 30.1. The molecule has 2 aromatic heterocycles. The first-order valence-electron chi connectivity index (χ1n) is 6.07. The predicted molar refractivity (Wildman–Crippen MR) is 67.5 cm³/mol. The third-order valence-electron chi connectivity index (χ3n) is 3.42. The summed E-state index contributed by atoms with van der Waals surface area (Å²) in [5.41, 5.74) is 6.60. The monoisotopic (exact) mass is 281 g/mol. The molecule has 3 rings (SSSR count). The van der Waals surface area contributed by atoms with E-state index < -0.39 is 24.5 Å². The fourth-order valence-electron chi connectivity index (χ4n) is 2.44. The summed E-state index contributed by atoms with van der Waals surface area (Å²) in [4.78, 5) is 12.1. The smallest absolute Gasteiger partial charge is 0.167 e. The lowest BCUT2D eigenvalue weighted by Gasteiger charge is -2.17. The van der Waals surface area contributed by atoms with Crippen LogP contribution in [0.3, 0.4) is 0 Å². The van der Waals surface area contributed by atoms with Gasteiger partial charge in [0.15, 0.2) is 17.7 Å². The highest BCUT2D eigenvalue weighted by atomic mass is 16.6. The number of nitrogens with two attached hydrogens (primary N) is 1. The largest absolute Gasteiger partial charge is 0.394 e. The van der Waals surface area contributed by atoms with E-state index in [9.17, 15) is 10.2 Å². The molecule has 1 aliphatic rings. The maximum Gasteiger partial charge on any atom is 0.167 e. The van der Waals surface area contributed by atoms with E-state index in [1.165, 1.54) is 19.8 Å². The number of hydrogen-bond acceptors (Lipinski definition) is 8. The molecule has 0 radical (unpaired) electrons. The number of anilines is 1. The Morgan fingerprint density at radius 3 is 2.90 bits per heavy atom. The van der Waals surface area contributed by atoms with Gasteiger partial charge >= 0.3 is 0 Å². The van der Waals surface area contributed by atoms with Gasteiger partial charge in [-0.25, -0.2) is 15.0 Å². The van der Waals surface area contributed by atoms with Crippen LogP contribution in [-0.4, -0.2) is 61.8 Å². The van der Waals surface area contributed by atoms with Crippen molar-refractivity contribution in [2.75, 3.05) is 19.5 Å². The zero-order valence-corrected chi connectivity index (χ0v) is 10.7. The number of fused-ring (bicyclic) bond motifs is 1. The Morgan fingerprint density at radius 2 is 2.25 bits per heavy atom. The van der Waals surface area contributed by atoms with E-state index in [0.29, 0.717) is 11.2 Å². The predicted octanol–water partition coefficient (Wildman–Crippen LogP) is -1.33. The summed E-state index contributed by atoms with van der Waals surface area (Å²) in [7, 11) is 1.45. The lowest BCUT2D eigenvalue weighted by Crippen LogP contribution is -2.35. The van der Waals surface area contributed by atoms with E-state index in [0.717, 1.165) is 0 Å². The quantitative estimate of drug-likeness (QED) is 0.631. The van der Waals surface area contributed by atoms with Crippen molar-refractivity contribution in [3.05, 3.63) is 12.7 Å². The molecule has 0 aromatic carbocycles. The van der Waals surface area contributed by atoms with Crippen molar-refractivity contribution in [2.24, 2.45) is 0 Å². The van der Waals surface area contributed by atoms with E-state index in [2.05, 4.69) is 15.0 Å². The lowest BCUT2D eigenvalue weighted by molar-refractivity contribution is -0.0535. The van der Waals surface area contributed by atoms with Gasteiger partial charge in [0.25, 0.3) is 0 Å². The number of nitrogen functional groups attached to an aromatic ring is 1. The average molecular weight is 281 g/mol. The molecule has 0 amide bonds. The van der Waals surface area contributed by atoms with Crippen LogP contribution in [0.15, 0.2) is 12.7 Å². The first kappa shape index (κ1) is 13.2. The third-order valence-corrected chi connectivity index (χ3v) is 3.42.